The van der Waals surface area contributed by atoms with E-state index in [0.717, 1.165) is 30.0 Å². The molecule has 1 aliphatic rings. The molecular formula is C18H23N3O2. The van der Waals surface area contributed by atoms with Gasteiger partial charge in [-0.1, -0.05) is 23.4 Å². The van der Waals surface area contributed by atoms with Crippen LogP contribution in [0.5, 0.6) is 0 Å². The Hall–Kier alpha value is -2.30. The van der Waals surface area contributed by atoms with Gasteiger partial charge in [-0.05, 0) is 38.8 Å². The number of rotatable bonds is 5. The molecule has 0 aliphatic carbocycles. The van der Waals surface area contributed by atoms with Crippen LogP contribution in [0.4, 0.5) is 5.69 Å². The van der Waals surface area contributed by atoms with Crippen LogP contribution >= 0.6 is 0 Å². The second kappa shape index (κ2) is 6.86. The Kier molecular flexibility index (Phi) is 4.65. The van der Waals surface area contributed by atoms with Crippen molar-refractivity contribution >= 4 is 11.6 Å². The predicted octanol–water partition coefficient (Wildman–Crippen LogP) is 2.62. The molecule has 0 bridgehead atoms. The molecule has 23 heavy (non-hydrogen) atoms. The zero-order valence-corrected chi connectivity index (χ0v) is 13.7. The van der Waals surface area contributed by atoms with E-state index in [1.54, 1.807) is 0 Å². The third-order valence-electron chi connectivity index (χ3n) is 4.52. The maximum atomic E-state index is 12.2. The second-order valence-corrected chi connectivity index (χ2v) is 6.11. The van der Waals surface area contributed by atoms with Crippen LogP contribution in [0.15, 0.2) is 34.9 Å². The summed E-state index contributed by atoms with van der Waals surface area (Å²) in [4.78, 5) is 14.6. The van der Waals surface area contributed by atoms with E-state index in [4.69, 9.17) is 4.52 Å². The van der Waals surface area contributed by atoms with Crippen molar-refractivity contribution in [3.63, 3.8) is 0 Å². The number of aryl methyl sites for hydroxylation is 2. The van der Waals surface area contributed by atoms with Crippen molar-refractivity contribution in [3.8, 4) is 0 Å². The van der Waals surface area contributed by atoms with E-state index in [0.29, 0.717) is 19.0 Å². The molecule has 1 saturated heterocycles. The molecule has 2 heterocycles. The zero-order chi connectivity index (χ0) is 16.2. The molecule has 1 aromatic heterocycles. The minimum atomic E-state index is 0.0271. The third-order valence-corrected chi connectivity index (χ3v) is 4.52. The summed E-state index contributed by atoms with van der Waals surface area (Å²) in [6.07, 6.45) is 2.61. The summed E-state index contributed by atoms with van der Waals surface area (Å²) in [6.45, 7) is 5.44. The first-order valence-corrected chi connectivity index (χ1v) is 8.15. The number of hydrogen-bond donors (Lipinski definition) is 1. The van der Waals surface area contributed by atoms with Crippen LogP contribution in [0.2, 0.25) is 0 Å². The SMILES string of the molecule is Cc1noc(C)c1CC(=O)NCC1CCCN1c1ccccc1. The lowest BCUT2D eigenvalue weighted by atomic mass is 10.1. The van der Waals surface area contributed by atoms with Crippen molar-refractivity contribution in [1.29, 1.82) is 0 Å². The summed E-state index contributed by atoms with van der Waals surface area (Å²) < 4.78 is 5.11. The van der Waals surface area contributed by atoms with Gasteiger partial charge in [-0.25, -0.2) is 0 Å². The van der Waals surface area contributed by atoms with Crippen molar-refractivity contribution < 1.29 is 9.32 Å². The predicted molar refractivity (Wildman–Crippen MR) is 89.5 cm³/mol. The third kappa shape index (κ3) is 3.55. The molecule has 5 nitrogen and oxygen atoms in total. The van der Waals surface area contributed by atoms with E-state index in [-0.39, 0.29) is 5.91 Å². The highest BCUT2D eigenvalue weighted by molar-refractivity contribution is 5.79. The van der Waals surface area contributed by atoms with Gasteiger partial charge in [-0.15, -0.1) is 0 Å². The standard InChI is InChI=1S/C18H23N3O2/c1-13-17(14(2)23-20-13)11-18(22)19-12-16-9-6-10-21(16)15-7-4-3-5-8-15/h3-5,7-8,16H,6,9-12H2,1-2H3,(H,19,22). The highest BCUT2D eigenvalue weighted by Gasteiger charge is 2.25. The number of para-hydroxylation sites is 1. The van der Waals surface area contributed by atoms with E-state index in [1.807, 2.05) is 19.9 Å². The van der Waals surface area contributed by atoms with E-state index < -0.39 is 0 Å². The molecule has 1 atom stereocenters. The van der Waals surface area contributed by atoms with Crippen LogP contribution in [-0.2, 0) is 11.2 Å². The van der Waals surface area contributed by atoms with Gasteiger partial charge < -0.3 is 14.7 Å². The zero-order valence-electron chi connectivity index (χ0n) is 13.7. The molecule has 5 heteroatoms. The lowest BCUT2D eigenvalue weighted by molar-refractivity contribution is -0.120. The van der Waals surface area contributed by atoms with Crippen molar-refractivity contribution in [2.45, 2.75) is 39.2 Å². The van der Waals surface area contributed by atoms with Crippen LogP contribution < -0.4 is 10.2 Å². The molecule has 0 spiro atoms. The fourth-order valence-corrected chi connectivity index (χ4v) is 3.22. The largest absolute Gasteiger partial charge is 0.367 e. The Morgan fingerprint density at radius 3 is 2.83 bits per heavy atom. The Bertz CT molecular complexity index is 647. The first-order valence-electron chi connectivity index (χ1n) is 8.15. The lowest BCUT2D eigenvalue weighted by Crippen LogP contribution is -2.40. The monoisotopic (exact) mass is 313 g/mol. The molecule has 1 aliphatic heterocycles. The van der Waals surface area contributed by atoms with Gasteiger partial charge in [-0.2, -0.15) is 0 Å². The number of anilines is 1. The molecule has 1 amide bonds. The molecule has 1 unspecified atom stereocenters. The van der Waals surface area contributed by atoms with Gasteiger partial charge in [0.2, 0.25) is 5.91 Å². The van der Waals surface area contributed by atoms with Gasteiger partial charge in [0.15, 0.2) is 0 Å². The van der Waals surface area contributed by atoms with Crippen LogP contribution in [-0.4, -0.2) is 30.2 Å². The quantitative estimate of drug-likeness (QED) is 0.922. The van der Waals surface area contributed by atoms with Gasteiger partial charge in [0.25, 0.3) is 0 Å². The Morgan fingerprint density at radius 2 is 2.13 bits per heavy atom. The van der Waals surface area contributed by atoms with Crippen LogP contribution in [0.3, 0.4) is 0 Å². The fraction of sp³-hybridized carbons (Fsp3) is 0.444. The minimum Gasteiger partial charge on any atom is -0.367 e. The first kappa shape index (κ1) is 15.6. The molecule has 0 saturated carbocycles. The summed E-state index contributed by atoms with van der Waals surface area (Å²) >= 11 is 0. The number of amides is 1. The van der Waals surface area contributed by atoms with Gasteiger partial charge in [0.05, 0.1) is 12.1 Å². The van der Waals surface area contributed by atoms with Crippen molar-refractivity contribution in [2.24, 2.45) is 0 Å². The van der Waals surface area contributed by atoms with E-state index in [2.05, 4.69) is 39.6 Å². The number of carbonyl (C=O) groups excluding carboxylic acids is 1. The highest BCUT2D eigenvalue weighted by atomic mass is 16.5. The summed E-state index contributed by atoms with van der Waals surface area (Å²) in [7, 11) is 0. The van der Waals surface area contributed by atoms with Crippen LogP contribution in [0.25, 0.3) is 0 Å². The number of benzene rings is 1. The summed E-state index contributed by atoms with van der Waals surface area (Å²) in [6, 6.07) is 10.8. The summed E-state index contributed by atoms with van der Waals surface area (Å²) in [5, 5.41) is 6.96. The highest BCUT2D eigenvalue weighted by Crippen LogP contribution is 2.24. The molecule has 1 aromatic carbocycles. The molecule has 2 aromatic rings. The number of nitrogens with one attached hydrogen (secondary N) is 1. The first-order chi connectivity index (χ1) is 11.1. The molecule has 1 N–H and O–H groups in total. The molecule has 0 radical (unpaired) electrons. The number of nitrogens with zero attached hydrogens (tertiary/aromatic N) is 2. The summed E-state index contributed by atoms with van der Waals surface area (Å²) in [5.41, 5.74) is 2.92. The maximum absolute atomic E-state index is 12.2. The minimum absolute atomic E-state index is 0.0271. The van der Waals surface area contributed by atoms with E-state index >= 15 is 0 Å². The number of aromatic nitrogens is 1. The van der Waals surface area contributed by atoms with Crippen LogP contribution in [0.1, 0.15) is 29.9 Å². The maximum Gasteiger partial charge on any atom is 0.224 e. The van der Waals surface area contributed by atoms with Crippen molar-refractivity contribution in [2.75, 3.05) is 18.0 Å². The molecule has 122 valence electrons. The molecular weight excluding hydrogens is 290 g/mol. The Labute approximate surface area is 136 Å². The molecule has 1 fully saturated rings. The lowest BCUT2D eigenvalue weighted by Gasteiger charge is -2.27. The van der Waals surface area contributed by atoms with E-state index in [9.17, 15) is 4.79 Å². The number of carbonyl (C=O) groups is 1. The molecule has 3 rings (SSSR count). The van der Waals surface area contributed by atoms with Gasteiger partial charge >= 0.3 is 0 Å². The Balaban J connectivity index is 1.56. The fourth-order valence-electron chi connectivity index (χ4n) is 3.22. The van der Waals surface area contributed by atoms with Crippen molar-refractivity contribution in [3.05, 3.63) is 47.3 Å². The normalized spacial score (nSPS) is 17.5. The summed E-state index contributed by atoms with van der Waals surface area (Å²) in [5.74, 6) is 0.753. The van der Waals surface area contributed by atoms with Gasteiger partial charge in [0, 0.05) is 30.4 Å². The average Bonchev–Trinajstić information content (AvgIpc) is 3.15. The average molecular weight is 313 g/mol. The smallest absolute Gasteiger partial charge is 0.224 e. The topological polar surface area (TPSA) is 58.4 Å². The van der Waals surface area contributed by atoms with Crippen LogP contribution in [0, 0.1) is 13.8 Å². The number of hydrogen-bond acceptors (Lipinski definition) is 4. The second-order valence-electron chi connectivity index (χ2n) is 6.11. The Morgan fingerprint density at radius 1 is 1.35 bits per heavy atom. The van der Waals surface area contributed by atoms with Crippen molar-refractivity contribution in [1.82, 2.24) is 10.5 Å². The van der Waals surface area contributed by atoms with E-state index in [1.165, 1.54) is 12.1 Å². The van der Waals surface area contributed by atoms with Gasteiger partial charge in [-0.3, -0.25) is 4.79 Å². The van der Waals surface area contributed by atoms with Gasteiger partial charge in [0.1, 0.15) is 5.76 Å².